The molecule has 1 unspecified atom stereocenters. The van der Waals surface area contributed by atoms with Crippen molar-refractivity contribution in [3.8, 4) is 0 Å². The predicted molar refractivity (Wildman–Crippen MR) is 94.0 cm³/mol. The lowest BCUT2D eigenvalue weighted by Crippen LogP contribution is -2.34. The van der Waals surface area contributed by atoms with E-state index in [9.17, 15) is 0 Å². The molecule has 0 saturated carbocycles. The molecule has 0 aliphatic carbocycles. The first-order chi connectivity index (χ1) is 10.8. The zero-order valence-electron chi connectivity index (χ0n) is 12.9. The second-order valence-corrected chi connectivity index (χ2v) is 5.85. The Kier molecular flexibility index (Phi) is 4.24. The number of hydrogen-bond acceptors (Lipinski definition) is 1. The molecule has 0 aliphatic rings. The number of anilines is 1. The lowest BCUT2D eigenvalue weighted by Gasteiger charge is -2.33. The van der Waals surface area contributed by atoms with Crippen molar-refractivity contribution in [3.05, 3.63) is 102 Å². The molecule has 3 rings (SSSR count). The first-order valence-corrected chi connectivity index (χ1v) is 7.69. The molecule has 22 heavy (non-hydrogen) atoms. The van der Waals surface area contributed by atoms with Crippen molar-refractivity contribution in [2.24, 2.45) is 0 Å². The maximum Gasteiger partial charge on any atom is 0.0637 e. The van der Waals surface area contributed by atoms with Crippen molar-refractivity contribution in [3.63, 3.8) is 0 Å². The first-order valence-electron chi connectivity index (χ1n) is 7.69. The molecule has 3 aromatic carbocycles. The molecule has 1 N–H and O–H groups in total. The van der Waals surface area contributed by atoms with E-state index in [4.69, 9.17) is 0 Å². The van der Waals surface area contributed by atoms with Gasteiger partial charge in [-0.15, -0.1) is 0 Å². The van der Waals surface area contributed by atoms with Gasteiger partial charge in [-0.2, -0.15) is 0 Å². The van der Waals surface area contributed by atoms with Crippen LogP contribution in [0.3, 0.4) is 0 Å². The van der Waals surface area contributed by atoms with Gasteiger partial charge in [-0.3, -0.25) is 0 Å². The molecular formula is C21H21N. The van der Waals surface area contributed by atoms with Crippen LogP contribution in [0.1, 0.15) is 18.1 Å². The van der Waals surface area contributed by atoms with Crippen LogP contribution in [0.5, 0.6) is 0 Å². The van der Waals surface area contributed by atoms with E-state index in [0.29, 0.717) is 0 Å². The molecule has 0 aliphatic heterocycles. The molecule has 0 saturated heterocycles. The van der Waals surface area contributed by atoms with E-state index in [-0.39, 0.29) is 5.54 Å². The van der Waals surface area contributed by atoms with Crippen molar-refractivity contribution in [2.45, 2.75) is 18.9 Å². The number of benzene rings is 3. The SMILES string of the molecule is CC(Cc1ccccc1)(Nc1ccccc1)c1ccccc1. The van der Waals surface area contributed by atoms with E-state index in [2.05, 4.69) is 97.2 Å². The largest absolute Gasteiger partial charge is 0.375 e. The topological polar surface area (TPSA) is 12.0 Å². The molecule has 3 aromatic rings. The molecular weight excluding hydrogens is 266 g/mol. The Hall–Kier alpha value is -2.54. The number of hydrogen-bond donors (Lipinski definition) is 1. The van der Waals surface area contributed by atoms with Gasteiger partial charge in [-0.25, -0.2) is 0 Å². The molecule has 1 heteroatoms. The smallest absolute Gasteiger partial charge is 0.0637 e. The molecule has 1 atom stereocenters. The minimum atomic E-state index is -0.149. The molecule has 0 heterocycles. The van der Waals surface area contributed by atoms with E-state index in [1.807, 2.05) is 6.07 Å². The van der Waals surface area contributed by atoms with E-state index < -0.39 is 0 Å². The highest BCUT2D eigenvalue weighted by Gasteiger charge is 2.26. The second kappa shape index (κ2) is 6.48. The predicted octanol–water partition coefficient (Wildman–Crippen LogP) is 5.26. The Bertz CT molecular complexity index is 648. The fraction of sp³-hybridized carbons (Fsp3) is 0.143. The Morgan fingerprint density at radius 3 is 1.77 bits per heavy atom. The van der Waals surface area contributed by atoms with Gasteiger partial charge in [0.15, 0.2) is 0 Å². The van der Waals surface area contributed by atoms with Gasteiger partial charge >= 0.3 is 0 Å². The summed E-state index contributed by atoms with van der Waals surface area (Å²) in [7, 11) is 0. The highest BCUT2D eigenvalue weighted by molar-refractivity contribution is 5.48. The van der Waals surface area contributed by atoms with E-state index in [1.54, 1.807) is 0 Å². The van der Waals surface area contributed by atoms with Crippen LogP contribution < -0.4 is 5.32 Å². The number of rotatable bonds is 5. The third kappa shape index (κ3) is 3.37. The Balaban J connectivity index is 1.95. The van der Waals surface area contributed by atoms with Crippen molar-refractivity contribution in [1.29, 1.82) is 0 Å². The molecule has 0 bridgehead atoms. The van der Waals surface area contributed by atoms with Gasteiger partial charge in [0.05, 0.1) is 5.54 Å². The highest BCUT2D eigenvalue weighted by Crippen LogP contribution is 2.29. The Morgan fingerprint density at radius 2 is 1.18 bits per heavy atom. The Morgan fingerprint density at radius 1 is 0.682 bits per heavy atom. The zero-order chi connectivity index (χ0) is 15.3. The third-order valence-corrected chi connectivity index (χ3v) is 4.01. The van der Waals surface area contributed by atoms with Crippen LogP contribution in [-0.4, -0.2) is 0 Å². The molecule has 0 spiro atoms. The van der Waals surface area contributed by atoms with Gasteiger partial charge in [0.25, 0.3) is 0 Å². The van der Waals surface area contributed by atoms with Crippen LogP contribution >= 0.6 is 0 Å². The van der Waals surface area contributed by atoms with Crippen molar-refractivity contribution < 1.29 is 0 Å². The summed E-state index contributed by atoms with van der Waals surface area (Å²) in [4.78, 5) is 0. The standard InChI is InChI=1S/C21H21N/c1-21(19-13-7-3-8-14-19,17-18-11-5-2-6-12-18)22-20-15-9-4-10-16-20/h2-16,22H,17H2,1H3. The molecule has 0 radical (unpaired) electrons. The summed E-state index contributed by atoms with van der Waals surface area (Å²) in [6.45, 7) is 2.27. The van der Waals surface area contributed by atoms with Crippen molar-refractivity contribution >= 4 is 5.69 Å². The maximum absolute atomic E-state index is 3.72. The van der Waals surface area contributed by atoms with Gasteiger partial charge in [-0.05, 0) is 36.6 Å². The molecule has 110 valence electrons. The van der Waals surface area contributed by atoms with Gasteiger partial charge in [0, 0.05) is 5.69 Å². The lowest BCUT2D eigenvalue weighted by atomic mass is 9.85. The zero-order valence-corrected chi connectivity index (χ0v) is 12.9. The number of para-hydroxylation sites is 1. The summed E-state index contributed by atoms with van der Waals surface area (Å²) in [5.74, 6) is 0. The summed E-state index contributed by atoms with van der Waals surface area (Å²) in [6.07, 6.45) is 0.937. The fourth-order valence-corrected chi connectivity index (χ4v) is 2.87. The summed E-state index contributed by atoms with van der Waals surface area (Å²) < 4.78 is 0. The van der Waals surface area contributed by atoms with Crippen LogP contribution in [0.2, 0.25) is 0 Å². The van der Waals surface area contributed by atoms with Crippen LogP contribution in [0.4, 0.5) is 5.69 Å². The average molecular weight is 287 g/mol. The van der Waals surface area contributed by atoms with Gasteiger partial charge < -0.3 is 5.32 Å². The lowest BCUT2D eigenvalue weighted by molar-refractivity contribution is 0.540. The summed E-state index contributed by atoms with van der Waals surface area (Å²) in [5, 5.41) is 3.72. The van der Waals surface area contributed by atoms with E-state index >= 15 is 0 Å². The van der Waals surface area contributed by atoms with Gasteiger partial charge in [-0.1, -0.05) is 78.9 Å². The van der Waals surface area contributed by atoms with E-state index in [1.165, 1.54) is 11.1 Å². The maximum atomic E-state index is 3.72. The van der Waals surface area contributed by atoms with Crippen LogP contribution in [0, 0.1) is 0 Å². The number of nitrogens with one attached hydrogen (secondary N) is 1. The van der Waals surface area contributed by atoms with Crippen LogP contribution in [-0.2, 0) is 12.0 Å². The van der Waals surface area contributed by atoms with Crippen LogP contribution in [0.15, 0.2) is 91.0 Å². The quantitative estimate of drug-likeness (QED) is 0.675. The minimum absolute atomic E-state index is 0.149. The highest BCUT2D eigenvalue weighted by atomic mass is 15.0. The van der Waals surface area contributed by atoms with Crippen molar-refractivity contribution in [2.75, 3.05) is 5.32 Å². The molecule has 0 amide bonds. The minimum Gasteiger partial charge on any atom is -0.375 e. The monoisotopic (exact) mass is 287 g/mol. The van der Waals surface area contributed by atoms with Crippen molar-refractivity contribution in [1.82, 2.24) is 0 Å². The molecule has 1 nitrogen and oxygen atoms in total. The third-order valence-electron chi connectivity index (χ3n) is 4.01. The molecule has 0 fully saturated rings. The molecule has 0 aromatic heterocycles. The fourth-order valence-electron chi connectivity index (χ4n) is 2.87. The van der Waals surface area contributed by atoms with E-state index in [0.717, 1.165) is 12.1 Å². The summed E-state index contributed by atoms with van der Waals surface area (Å²) in [6, 6.07) is 31.7. The second-order valence-electron chi connectivity index (χ2n) is 5.85. The van der Waals surface area contributed by atoms with Gasteiger partial charge in [0.2, 0.25) is 0 Å². The first kappa shape index (κ1) is 14.4. The van der Waals surface area contributed by atoms with Crippen LogP contribution in [0.25, 0.3) is 0 Å². The summed E-state index contributed by atoms with van der Waals surface area (Å²) in [5.41, 5.74) is 3.62. The average Bonchev–Trinajstić information content (AvgIpc) is 2.57. The van der Waals surface area contributed by atoms with Gasteiger partial charge in [0.1, 0.15) is 0 Å². The normalized spacial score (nSPS) is 13.3. The summed E-state index contributed by atoms with van der Waals surface area (Å²) >= 11 is 0. The Labute approximate surface area is 132 Å².